The number of aliphatic imine (C=N–C) groups is 1. The number of hydrogen-bond donors (Lipinski definition) is 2. The molecule has 2 aromatic carbocycles. The Balaban J connectivity index is 0.00000243. The van der Waals surface area contributed by atoms with Crippen LogP contribution in [0, 0.1) is 6.92 Å². The molecule has 5 nitrogen and oxygen atoms in total. The third-order valence-corrected chi connectivity index (χ3v) is 4.13. The minimum Gasteiger partial charge on any atom is -0.493 e. The average Bonchev–Trinajstić information content (AvgIpc) is 2.60. The lowest BCUT2D eigenvalue weighted by Gasteiger charge is -2.27. The Bertz CT molecular complexity index is 751. The van der Waals surface area contributed by atoms with Crippen LogP contribution in [-0.4, -0.2) is 25.2 Å². The third-order valence-electron chi connectivity index (χ3n) is 4.13. The summed E-state index contributed by atoms with van der Waals surface area (Å²) in [7, 11) is 0. The van der Waals surface area contributed by atoms with Gasteiger partial charge >= 0.3 is 0 Å². The zero-order valence-corrected chi connectivity index (χ0v) is 17.5. The number of benzene rings is 2. The van der Waals surface area contributed by atoms with E-state index in [1.807, 2.05) is 56.3 Å². The van der Waals surface area contributed by atoms with Crippen molar-refractivity contribution in [3.63, 3.8) is 0 Å². The predicted molar refractivity (Wildman–Crippen MR) is 116 cm³/mol. The first kappa shape index (κ1) is 20.4. The number of fused-ring (bicyclic) bond motifs is 1. The molecule has 0 saturated carbocycles. The number of rotatable bonds is 5. The first-order chi connectivity index (χ1) is 12.1. The maximum Gasteiger partial charge on any atom is 0.189 e. The first-order valence-electron chi connectivity index (χ1n) is 8.63. The standard InChI is InChI=1S/C20H25N3O2.HI/c1-14-6-5-7-16(12-14)25-15(2)13-22-20(21)23-18-10-11-24-19-9-4-3-8-17(18)19;/h3-9,12,15,18H,10-11,13H2,1-2H3,(H3,21,22,23);1H. The molecular formula is C20H26IN3O2. The van der Waals surface area contributed by atoms with E-state index in [1.165, 1.54) is 5.56 Å². The number of aryl methyl sites for hydroxylation is 1. The number of nitrogens with two attached hydrogens (primary N) is 1. The zero-order valence-electron chi connectivity index (χ0n) is 15.1. The van der Waals surface area contributed by atoms with Gasteiger partial charge in [0, 0.05) is 12.0 Å². The number of halogens is 1. The van der Waals surface area contributed by atoms with Crippen molar-refractivity contribution in [1.82, 2.24) is 5.32 Å². The molecule has 140 valence electrons. The number of nitrogens with zero attached hydrogens (tertiary/aromatic N) is 1. The molecule has 0 aliphatic carbocycles. The molecule has 2 aromatic rings. The highest BCUT2D eigenvalue weighted by Crippen LogP contribution is 2.31. The Labute approximate surface area is 172 Å². The summed E-state index contributed by atoms with van der Waals surface area (Å²) in [5.74, 6) is 2.20. The summed E-state index contributed by atoms with van der Waals surface area (Å²) in [4.78, 5) is 4.43. The first-order valence-corrected chi connectivity index (χ1v) is 8.63. The van der Waals surface area contributed by atoms with Crippen LogP contribution in [0.3, 0.4) is 0 Å². The molecule has 0 aromatic heterocycles. The van der Waals surface area contributed by atoms with E-state index < -0.39 is 0 Å². The molecule has 0 bridgehead atoms. The molecule has 0 spiro atoms. The predicted octanol–water partition coefficient (Wildman–Crippen LogP) is 3.81. The molecule has 0 saturated heterocycles. The minimum atomic E-state index is -0.0517. The van der Waals surface area contributed by atoms with E-state index in [-0.39, 0.29) is 36.1 Å². The molecule has 1 aliphatic heterocycles. The maximum absolute atomic E-state index is 6.07. The smallest absolute Gasteiger partial charge is 0.189 e. The third kappa shape index (κ3) is 5.52. The van der Waals surface area contributed by atoms with Crippen LogP contribution in [0.1, 0.15) is 30.5 Å². The summed E-state index contributed by atoms with van der Waals surface area (Å²) >= 11 is 0. The van der Waals surface area contributed by atoms with Gasteiger partial charge < -0.3 is 20.5 Å². The summed E-state index contributed by atoms with van der Waals surface area (Å²) in [6, 6.07) is 16.1. The van der Waals surface area contributed by atoms with Gasteiger partial charge in [-0.05, 0) is 37.6 Å². The molecule has 0 fully saturated rings. The van der Waals surface area contributed by atoms with Gasteiger partial charge in [0.05, 0.1) is 19.2 Å². The average molecular weight is 467 g/mol. The lowest BCUT2D eigenvalue weighted by atomic mass is 10.0. The van der Waals surface area contributed by atoms with Crippen LogP contribution in [-0.2, 0) is 0 Å². The summed E-state index contributed by atoms with van der Waals surface area (Å²) in [5, 5.41) is 3.30. The number of para-hydroxylation sites is 1. The van der Waals surface area contributed by atoms with Gasteiger partial charge in [0.25, 0.3) is 0 Å². The highest BCUT2D eigenvalue weighted by molar-refractivity contribution is 14.0. The van der Waals surface area contributed by atoms with Gasteiger partial charge in [-0.3, -0.25) is 0 Å². The van der Waals surface area contributed by atoms with Crippen LogP contribution < -0.4 is 20.5 Å². The van der Waals surface area contributed by atoms with Gasteiger partial charge in [-0.15, -0.1) is 24.0 Å². The fourth-order valence-corrected chi connectivity index (χ4v) is 2.90. The van der Waals surface area contributed by atoms with E-state index >= 15 is 0 Å². The fourth-order valence-electron chi connectivity index (χ4n) is 2.90. The van der Waals surface area contributed by atoms with E-state index in [0.29, 0.717) is 19.1 Å². The summed E-state index contributed by atoms with van der Waals surface area (Å²) < 4.78 is 11.6. The van der Waals surface area contributed by atoms with Gasteiger partial charge in [-0.25, -0.2) is 4.99 Å². The summed E-state index contributed by atoms with van der Waals surface area (Å²) in [6.07, 6.45) is 0.812. The van der Waals surface area contributed by atoms with Crippen molar-refractivity contribution in [2.45, 2.75) is 32.4 Å². The quantitative estimate of drug-likeness (QED) is 0.399. The molecule has 1 heterocycles. The van der Waals surface area contributed by atoms with Crippen LogP contribution in [0.5, 0.6) is 11.5 Å². The van der Waals surface area contributed by atoms with Crippen molar-refractivity contribution in [3.8, 4) is 11.5 Å². The van der Waals surface area contributed by atoms with E-state index in [2.05, 4.69) is 16.4 Å². The lowest BCUT2D eigenvalue weighted by Crippen LogP contribution is -2.38. The van der Waals surface area contributed by atoms with E-state index in [4.69, 9.17) is 15.2 Å². The van der Waals surface area contributed by atoms with Crippen molar-refractivity contribution in [2.75, 3.05) is 13.2 Å². The highest BCUT2D eigenvalue weighted by Gasteiger charge is 2.21. The normalized spacial score (nSPS) is 17.3. The molecule has 6 heteroatoms. The van der Waals surface area contributed by atoms with Crippen molar-refractivity contribution in [2.24, 2.45) is 10.7 Å². The largest absolute Gasteiger partial charge is 0.493 e. The Kier molecular flexibility index (Phi) is 7.56. The molecule has 3 N–H and O–H groups in total. The Morgan fingerprint density at radius 2 is 2.12 bits per heavy atom. The van der Waals surface area contributed by atoms with Crippen molar-refractivity contribution in [3.05, 3.63) is 59.7 Å². The number of hydrogen-bond acceptors (Lipinski definition) is 3. The summed E-state index contributed by atoms with van der Waals surface area (Å²) in [5.41, 5.74) is 8.36. The maximum atomic E-state index is 6.07. The van der Waals surface area contributed by atoms with Gasteiger partial charge in [-0.2, -0.15) is 0 Å². The van der Waals surface area contributed by atoms with Crippen LogP contribution in [0.15, 0.2) is 53.5 Å². The monoisotopic (exact) mass is 467 g/mol. The van der Waals surface area contributed by atoms with Crippen molar-refractivity contribution >= 4 is 29.9 Å². The van der Waals surface area contributed by atoms with E-state index in [1.54, 1.807) is 0 Å². The second-order valence-electron chi connectivity index (χ2n) is 6.34. The second kappa shape index (κ2) is 9.66. The molecular weight excluding hydrogens is 441 g/mol. The van der Waals surface area contributed by atoms with Crippen LogP contribution in [0.4, 0.5) is 0 Å². The molecule has 1 aliphatic rings. The SMILES string of the molecule is Cc1cccc(OC(C)CN=C(N)NC2CCOc3ccccc32)c1.I. The zero-order chi connectivity index (χ0) is 17.6. The topological polar surface area (TPSA) is 68.9 Å². The Morgan fingerprint density at radius 1 is 1.31 bits per heavy atom. The van der Waals surface area contributed by atoms with E-state index in [9.17, 15) is 0 Å². The molecule has 2 unspecified atom stereocenters. The van der Waals surface area contributed by atoms with Crippen LogP contribution in [0.25, 0.3) is 0 Å². The van der Waals surface area contributed by atoms with Crippen molar-refractivity contribution < 1.29 is 9.47 Å². The molecule has 26 heavy (non-hydrogen) atoms. The number of ether oxygens (including phenoxy) is 2. The lowest BCUT2D eigenvalue weighted by molar-refractivity contribution is 0.230. The van der Waals surface area contributed by atoms with Crippen LogP contribution >= 0.6 is 24.0 Å². The van der Waals surface area contributed by atoms with Gasteiger partial charge in [0.1, 0.15) is 17.6 Å². The number of nitrogens with one attached hydrogen (secondary N) is 1. The van der Waals surface area contributed by atoms with Gasteiger partial charge in [0.2, 0.25) is 0 Å². The van der Waals surface area contributed by atoms with Crippen molar-refractivity contribution in [1.29, 1.82) is 0 Å². The molecule has 3 rings (SSSR count). The Morgan fingerprint density at radius 3 is 2.92 bits per heavy atom. The number of guanidine groups is 1. The van der Waals surface area contributed by atoms with E-state index in [0.717, 1.165) is 23.5 Å². The van der Waals surface area contributed by atoms with Gasteiger partial charge in [0.15, 0.2) is 5.96 Å². The Hall–Kier alpha value is -1.96. The summed E-state index contributed by atoms with van der Waals surface area (Å²) in [6.45, 7) is 5.21. The molecule has 0 radical (unpaired) electrons. The minimum absolute atomic E-state index is 0. The fraction of sp³-hybridized carbons (Fsp3) is 0.350. The molecule has 2 atom stereocenters. The highest BCUT2D eigenvalue weighted by atomic mass is 127. The molecule has 0 amide bonds. The van der Waals surface area contributed by atoms with Crippen LogP contribution in [0.2, 0.25) is 0 Å². The van der Waals surface area contributed by atoms with Gasteiger partial charge in [-0.1, -0.05) is 30.3 Å². The second-order valence-corrected chi connectivity index (χ2v) is 6.34.